The monoisotopic (exact) mass is 449 g/mol. The average molecular weight is 450 g/mol. The van der Waals surface area contributed by atoms with E-state index in [0.717, 1.165) is 17.8 Å². The van der Waals surface area contributed by atoms with Crippen molar-refractivity contribution in [1.29, 1.82) is 0 Å². The van der Waals surface area contributed by atoms with Crippen LogP contribution in [0.4, 0.5) is 0 Å². The maximum Gasteiger partial charge on any atom is 0.287 e. The van der Waals surface area contributed by atoms with E-state index in [-0.39, 0.29) is 0 Å². The van der Waals surface area contributed by atoms with Gasteiger partial charge in [-0.05, 0) is 114 Å². The van der Waals surface area contributed by atoms with E-state index in [4.69, 9.17) is 4.98 Å². The van der Waals surface area contributed by atoms with Crippen LogP contribution in [-0.2, 0) is 12.5 Å². The Bertz CT molecular complexity index is 1470. The van der Waals surface area contributed by atoms with Crippen LogP contribution in [0.5, 0.6) is 0 Å². The fourth-order valence-corrected chi connectivity index (χ4v) is 9.73. The highest BCUT2D eigenvalue weighted by atomic mass is 32.2. The zero-order chi connectivity index (χ0) is 21.9. The van der Waals surface area contributed by atoms with Crippen LogP contribution in [0, 0.1) is 24.7 Å². The number of benzene rings is 3. The number of hydrogen-bond donors (Lipinski definition) is 0. The van der Waals surface area contributed by atoms with Gasteiger partial charge in [0.25, 0.3) is 6.33 Å². The molecule has 0 N–H and O–H groups in total. The molecule has 0 amide bonds. The van der Waals surface area contributed by atoms with Gasteiger partial charge in [-0.25, -0.2) is 4.57 Å². The predicted molar refractivity (Wildman–Crippen MR) is 135 cm³/mol. The molecule has 4 aromatic rings. The van der Waals surface area contributed by atoms with E-state index in [1.165, 1.54) is 86.8 Å². The zero-order valence-corrected chi connectivity index (χ0v) is 20.2. The summed E-state index contributed by atoms with van der Waals surface area (Å²) in [6.45, 7) is 2.29. The largest absolute Gasteiger partial charge is 0.287 e. The first-order chi connectivity index (χ1) is 16.1. The standard InChI is InChI=1S/C30H29N2S/c1-17-23-6-4-3-5-21(23)10-25-27(17)29-28-24(31-16-32(29)2)11-22(12-26(28)33-25)30-13-18-7-19(14-30)9-20(8-18)15-30/h3-6,10-12,16,18-20H,7-9,13-15H2,1-2H3/q+1. The molecule has 3 heteroatoms. The van der Waals surface area contributed by atoms with E-state index in [1.54, 1.807) is 5.56 Å². The molecule has 1 aliphatic heterocycles. The van der Waals surface area contributed by atoms with Crippen molar-refractivity contribution in [3.8, 4) is 11.3 Å². The molecule has 0 radical (unpaired) electrons. The first kappa shape index (κ1) is 19.0. The van der Waals surface area contributed by atoms with Crippen molar-refractivity contribution in [1.82, 2.24) is 4.98 Å². The summed E-state index contributed by atoms with van der Waals surface area (Å²) >= 11 is 1.98. The van der Waals surface area contributed by atoms with E-state index in [0.29, 0.717) is 5.41 Å². The minimum Gasteiger partial charge on any atom is -0.232 e. The van der Waals surface area contributed by atoms with Crippen LogP contribution in [-0.4, -0.2) is 4.98 Å². The van der Waals surface area contributed by atoms with Crippen LogP contribution in [0.1, 0.15) is 49.7 Å². The summed E-state index contributed by atoms with van der Waals surface area (Å²) in [7, 11) is 2.16. The van der Waals surface area contributed by atoms with E-state index >= 15 is 0 Å². The quantitative estimate of drug-likeness (QED) is 0.253. The van der Waals surface area contributed by atoms with Crippen LogP contribution in [0.3, 0.4) is 0 Å². The molecule has 33 heavy (non-hydrogen) atoms. The Morgan fingerprint density at radius 2 is 1.67 bits per heavy atom. The van der Waals surface area contributed by atoms with Gasteiger partial charge in [0.2, 0.25) is 0 Å². The third-order valence-corrected chi connectivity index (χ3v) is 10.5. The lowest BCUT2D eigenvalue weighted by Gasteiger charge is -2.57. The summed E-state index contributed by atoms with van der Waals surface area (Å²) in [6.07, 6.45) is 10.7. The summed E-state index contributed by atoms with van der Waals surface area (Å²) in [5, 5.41) is 4.05. The summed E-state index contributed by atoms with van der Waals surface area (Å²) < 4.78 is 2.25. The number of aromatic nitrogens is 2. The Labute approximate surface area is 199 Å². The molecular formula is C30H29N2S+. The van der Waals surface area contributed by atoms with Crippen LogP contribution in [0.25, 0.3) is 32.9 Å². The van der Waals surface area contributed by atoms with Gasteiger partial charge in [-0.2, -0.15) is 0 Å². The molecule has 3 aromatic carbocycles. The van der Waals surface area contributed by atoms with Crippen molar-refractivity contribution in [3.05, 3.63) is 59.9 Å². The number of hydrogen-bond acceptors (Lipinski definition) is 2. The molecule has 164 valence electrons. The van der Waals surface area contributed by atoms with Gasteiger partial charge in [0.1, 0.15) is 5.69 Å². The lowest BCUT2D eigenvalue weighted by atomic mass is 9.48. The molecule has 4 aliphatic carbocycles. The second-order valence-electron chi connectivity index (χ2n) is 11.5. The van der Waals surface area contributed by atoms with Crippen molar-refractivity contribution in [3.63, 3.8) is 0 Å². The SMILES string of the molecule is Cc1c2c(cc3ccccc13)Sc1cc(C34CC5CC(CC(C5)C3)C4)cc3nc[n+](C)c-2c13. The van der Waals surface area contributed by atoms with Gasteiger partial charge in [0.05, 0.1) is 12.4 Å². The normalized spacial score (nSPS) is 29.1. The summed E-state index contributed by atoms with van der Waals surface area (Å²) in [6, 6.07) is 16.3. The predicted octanol–water partition coefficient (Wildman–Crippen LogP) is 7.12. The highest BCUT2D eigenvalue weighted by Gasteiger charge is 2.52. The first-order valence-electron chi connectivity index (χ1n) is 12.6. The van der Waals surface area contributed by atoms with Crippen molar-refractivity contribution in [2.45, 2.75) is 60.7 Å². The zero-order valence-electron chi connectivity index (χ0n) is 19.4. The van der Waals surface area contributed by atoms with Crippen molar-refractivity contribution >= 4 is 33.4 Å². The minimum atomic E-state index is 0.402. The van der Waals surface area contributed by atoms with Crippen molar-refractivity contribution in [2.75, 3.05) is 0 Å². The molecular weight excluding hydrogens is 420 g/mol. The molecule has 4 fully saturated rings. The summed E-state index contributed by atoms with van der Waals surface area (Å²) in [4.78, 5) is 7.80. The molecule has 0 spiro atoms. The second-order valence-corrected chi connectivity index (χ2v) is 12.6. The Morgan fingerprint density at radius 1 is 0.939 bits per heavy atom. The van der Waals surface area contributed by atoms with Gasteiger partial charge in [0, 0.05) is 15.4 Å². The molecule has 4 bridgehead atoms. The molecule has 2 heterocycles. The van der Waals surface area contributed by atoms with E-state index < -0.39 is 0 Å². The maximum atomic E-state index is 4.99. The van der Waals surface area contributed by atoms with E-state index in [9.17, 15) is 0 Å². The van der Waals surface area contributed by atoms with Gasteiger partial charge in [0.15, 0.2) is 5.52 Å². The number of rotatable bonds is 1. The fraction of sp³-hybridized carbons (Fsp3) is 0.400. The summed E-state index contributed by atoms with van der Waals surface area (Å²) in [5.41, 5.74) is 7.29. The molecule has 2 nitrogen and oxygen atoms in total. The lowest BCUT2D eigenvalue weighted by molar-refractivity contribution is -0.662. The first-order valence-corrected chi connectivity index (χ1v) is 13.4. The van der Waals surface area contributed by atoms with E-state index in [1.807, 2.05) is 18.1 Å². The molecule has 1 aromatic heterocycles. The van der Waals surface area contributed by atoms with Crippen molar-refractivity contribution < 1.29 is 4.57 Å². The van der Waals surface area contributed by atoms with Gasteiger partial charge in [-0.3, -0.25) is 0 Å². The molecule has 0 saturated heterocycles. The minimum absolute atomic E-state index is 0.402. The highest BCUT2D eigenvalue weighted by Crippen LogP contribution is 2.61. The Hall–Kier alpha value is -2.39. The van der Waals surface area contributed by atoms with Crippen molar-refractivity contribution in [2.24, 2.45) is 24.8 Å². The molecule has 0 atom stereocenters. The number of fused-ring (bicyclic) bond motifs is 3. The Balaban J connectivity index is 1.39. The number of aryl methyl sites for hydroxylation is 2. The molecule has 4 saturated carbocycles. The lowest BCUT2D eigenvalue weighted by Crippen LogP contribution is -2.48. The molecule has 5 aliphatic rings. The van der Waals surface area contributed by atoms with Gasteiger partial charge < -0.3 is 0 Å². The van der Waals surface area contributed by atoms with Gasteiger partial charge >= 0.3 is 0 Å². The Kier molecular flexibility index (Phi) is 3.67. The van der Waals surface area contributed by atoms with Gasteiger partial charge in [-0.1, -0.05) is 36.0 Å². The van der Waals surface area contributed by atoms with Crippen LogP contribution in [0.15, 0.2) is 58.6 Å². The van der Waals surface area contributed by atoms with Crippen LogP contribution in [0.2, 0.25) is 0 Å². The number of nitrogens with zero attached hydrogens (tertiary/aromatic N) is 2. The smallest absolute Gasteiger partial charge is 0.232 e. The highest BCUT2D eigenvalue weighted by molar-refractivity contribution is 7.99. The fourth-order valence-electron chi connectivity index (χ4n) is 8.47. The summed E-state index contributed by atoms with van der Waals surface area (Å²) in [5.74, 6) is 2.88. The van der Waals surface area contributed by atoms with E-state index in [2.05, 4.69) is 61.0 Å². The van der Waals surface area contributed by atoms with Crippen LogP contribution >= 0.6 is 11.8 Å². The van der Waals surface area contributed by atoms with Gasteiger partial charge in [-0.15, -0.1) is 0 Å². The second kappa shape index (κ2) is 6.39. The average Bonchev–Trinajstić information content (AvgIpc) is 2.80. The molecule has 9 rings (SSSR count). The third-order valence-electron chi connectivity index (χ3n) is 9.42. The maximum absolute atomic E-state index is 4.99. The topological polar surface area (TPSA) is 16.8 Å². The Morgan fingerprint density at radius 3 is 2.42 bits per heavy atom. The van der Waals surface area contributed by atoms with Crippen LogP contribution < -0.4 is 4.57 Å². The third kappa shape index (κ3) is 2.52. The molecule has 0 unspecified atom stereocenters.